The molecule has 3 aromatic rings. The Labute approximate surface area is 191 Å². The predicted molar refractivity (Wildman–Crippen MR) is 114 cm³/mol. The van der Waals surface area contributed by atoms with E-state index in [0.29, 0.717) is 30.0 Å². The molecule has 12 heteroatoms. The Bertz CT molecular complexity index is 1200. The standard InChI is InChI=1S/C22H18F3N5O4/c23-22(24,25)34-15-7-5-14(6-8-15)33-13-3-1-12(2-4-13)20-29-17(19(26)31)11-18(30-20)28-16-9-10-27-21(16)32/h1-8,11,16H,9-10H2,(H2,26,31)(H,27,32)(H,28,29,30). The minimum atomic E-state index is -4.77. The average Bonchev–Trinajstić information content (AvgIpc) is 3.18. The first kappa shape index (κ1) is 22.8. The van der Waals surface area contributed by atoms with Gasteiger partial charge in [0.2, 0.25) is 5.91 Å². The van der Waals surface area contributed by atoms with Crippen LogP contribution in [0.3, 0.4) is 0 Å². The van der Waals surface area contributed by atoms with Gasteiger partial charge in [-0.15, -0.1) is 13.2 Å². The summed E-state index contributed by atoms with van der Waals surface area (Å²) in [6, 6.07) is 12.3. The van der Waals surface area contributed by atoms with Crippen LogP contribution in [0.5, 0.6) is 17.2 Å². The van der Waals surface area contributed by atoms with E-state index in [2.05, 4.69) is 25.3 Å². The summed E-state index contributed by atoms with van der Waals surface area (Å²) >= 11 is 0. The molecule has 9 nitrogen and oxygen atoms in total. The quantitative estimate of drug-likeness (QED) is 0.481. The molecule has 4 rings (SSSR count). The maximum absolute atomic E-state index is 12.3. The molecule has 2 heterocycles. The third-order valence-electron chi connectivity index (χ3n) is 4.75. The Morgan fingerprint density at radius 2 is 1.65 bits per heavy atom. The number of benzene rings is 2. The lowest BCUT2D eigenvalue weighted by molar-refractivity contribution is -0.274. The second-order valence-corrected chi connectivity index (χ2v) is 7.25. The Kier molecular flexibility index (Phi) is 6.21. The van der Waals surface area contributed by atoms with Gasteiger partial charge in [-0.2, -0.15) is 0 Å². The largest absolute Gasteiger partial charge is 0.573 e. The van der Waals surface area contributed by atoms with Crippen molar-refractivity contribution in [2.24, 2.45) is 5.73 Å². The zero-order chi connectivity index (χ0) is 24.3. The van der Waals surface area contributed by atoms with E-state index >= 15 is 0 Å². The van der Waals surface area contributed by atoms with E-state index in [1.165, 1.54) is 18.2 Å². The first-order valence-electron chi connectivity index (χ1n) is 10.0. The summed E-state index contributed by atoms with van der Waals surface area (Å²) in [5.74, 6) is -0.0856. The van der Waals surface area contributed by atoms with Gasteiger partial charge in [-0.05, 0) is 55.0 Å². The van der Waals surface area contributed by atoms with E-state index in [1.807, 2.05) is 0 Å². The van der Waals surface area contributed by atoms with Crippen LogP contribution in [0.1, 0.15) is 16.9 Å². The molecule has 4 N–H and O–H groups in total. The molecule has 0 aliphatic carbocycles. The molecule has 1 atom stereocenters. The van der Waals surface area contributed by atoms with E-state index < -0.39 is 18.3 Å². The summed E-state index contributed by atoms with van der Waals surface area (Å²) in [6.07, 6.45) is -4.20. The molecule has 1 saturated heterocycles. The van der Waals surface area contributed by atoms with Gasteiger partial charge in [0.15, 0.2) is 5.82 Å². The predicted octanol–water partition coefficient (Wildman–Crippen LogP) is 3.23. The van der Waals surface area contributed by atoms with E-state index in [4.69, 9.17) is 10.5 Å². The molecule has 0 bridgehead atoms. The smallest absolute Gasteiger partial charge is 0.457 e. The Morgan fingerprint density at radius 3 is 2.21 bits per heavy atom. The molecular weight excluding hydrogens is 455 g/mol. The molecule has 1 aromatic heterocycles. The third kappa shape index (κ3) is 5.71. The number of nitrogens with zero attached hydrogens (tertiary/aromatic N) is 2. The summed E-state index contributed by atoms with van der Waals surface area (Å²) in [7, 11) is 0. The van der Waals surface area contributed by atoms with E-state index in [-0.39, 0.29) is 29.0 Å². The zero-order valence-corrected chi connectivity index (χ0v) is 17.4. The molecule has 0 radical (unpaired) electrons. The van der Waals surface area contributed by atoms with Crippen LogP contribution in [-0.4, -0.2) is 40.7 Å². The third-order valence-corrected chi connectivity index (χ3v) is 4.75. The van der Waals surface area contributed by atoms with Crippen LogP contribution in [-0.2, 0) is 4.79 Å². The molecule has 2 aromatic carbocycles. The lowest BCUT2D eigenvalue weighted by Gasteiger charge is -2.13. The number of nitrogens with one attached hydrogen (secondary N) is 2. The fourth-order valence-electron chi connectivity index (χ4n) is 3.20. The number of alkyl halides is 3. The van der Waals surface area contributed by atoms with Gasteiger partial charge in [-0.3, -0.25) is 9.59 Å². The lowest BCUT2D eigenvalue weighted by Crippen LogP contribution is -2.30. The van der Waals surface area contributed by atoms with E-state index in [0.717, 1.165) is 12.1 Å². The van der Waals surface area contributed by atoms with Gasteiger partial charge >= 0.3 is 6.36 Å². The normalized spacial score (nSPS) is 15.5. The van der Waals surface area contributed by atoms with Crippen LogP contribution in [0.15, 0.2) is 54.6 Å². The van der Waals surface area contributed by atoms with Gasteiger partial charge < -0.3 is 25.8 Å². The summed E-state index contributed by atoms with van der Waals surface area (Å²) in [4.78, 5) is 32.1. The maximum atomic E-state index is 12.3. The Hall–Kier alpha value is -4.35. The highest BCUT2D eigenvalue weighted by molar-refractivity contribution is 5.92. The number of carbonyl (C=O) groups excluding carboxylic acids is 2. The number of ether oxygens (including phenoxy) is 2. The second kappa shape index (κ2) is 9.25. The van der Waals surface area contributed by atoms with Gasteiger partial charge in [0.1, 0.15) is 34.8 Å². The van der Waals surface area contributed by atoms with Crippen molar-refractivity contribution in [3.63, 3.8) is 0 Å². The first-order chi connectivity index (χ1) is 16.2. The number of carbonyl (C=O) groups is 2. The Balaban J connectivity index is 1.50. The number of aromatic nitrogens is 2. The van der Waals surface area contributed by atoms with Crippen LogP contribution in [0.2, 0.25) is 0 Å². The van der Waals surface area contributed by atoms with Gasteiger partial charge in [-0.1, -0.05) is 0 Å². The number of anilines is 1. The summed E-state index contributed by atoms with van der Waals surface area (Å²) in [6.45, 7) is 0.538. The molecule has 2 amide bonds. The van der Waals surface area contributed by atoms with Crippen molar-refractivity contribution in [1.29, 1.82) is 0 Å². The van der Waals surface area contributed by atoms with Crippen LogP contribution in [0, 0.1) is 0 Å². The molecule has 1 aliphatic heterocycles. The van der Waals surface area contributed by atoms with Gasteiger partial charge in [0, 0.05) is 18.2 Å². The topological polar surface area (TPSA) is 128 Å². The number of primary amides is 1. The first-order valence-corrected chi connectivity index (χ1v) is 10.0. The van der Waals surface area contributed by atoms with Gasteiger partial charge in [-0.25, -0.2) is 9.97 Å². The average molecular weight is 473 g/mol. The van der Waals surface area contributed by atoms with Crippen molar-refractivity contribution < 1.29 is 32.2 Å². The highest BCUT2D eigenvalue weighted by Crippen LogP contribution is 2.28. The molecule has 1 fully saturated rings. The summed E-state index contributed by atoms with van der Waals surface area (Å²) in [5, 5.41) is 5.69. The van der Waals surface area contributed by atoms with Crippen LogP contribution in [0.4, 0.5) is 19.0 Å². The SMILES string of the molecule is NC(=O)c1cc(NC2CCNC2=O)nc(-c2ccc(Oc3ccc(OC(F)(F)F)cc3)cc2)n1. The van der Waals surface area contributed by atoms with Crippen LogP contribution < -0.4 is 25.8 Å². The minimum absolute atomic E-state index is 0.0209. The molecule has 1 aliphatic rings. The number of nitrogens with two attached hydrogens (primary N) is 1. The number of amides is 2. The Morgan fingerprint density at radius 1 is 1.03 bits per heavy atom. The minimum Gasteiger partial charge on any atom is -0.457 e. The van der Waals surface area contributed by atoms with Crippen molar-refractivity contribution in [3.05, 3.63) is 60.3 Å². The molecule has 34 heavy (non-hydrogen) atoms. The van der Waals surface area contributed by atoms with Crippen molar-refractivity contribution in [3.8, 4) is 28.6 Å². The van der Waals surface area contributed by atoms with E-state index in [1.54, 1.807) is 24.3 Å². The van der Waals surface area contributed by atoms with Crippen molar-refractivity contribution in [1.82, 2.24) is 15.3 Å². The molecule has 0 saturated carbocycles. The van der Waals surface area contributed by atoms with Crippen LogP contribution in [0.25, 0.3) is 11.4 Å². The summed E-state index contributed by atoms with van der Waals surface area (Å²) < 4.78 is 46.3. The number of rotatable bonds is 7. The highest BCUT2D eigenvalue weighted by atomic mass is 19.4. The molecule has 1 unspecified atom stereocenters. The van der Waals surface area contributed by atoms with Gasteiger partial charge in [0.25, 0.3) is 5.91 Å². The van der Waals surface area contributed by atoms with Crippen molar-refractivity contribution in [2.75, 3.05) is 11.9 Å². The maximum Gasteiger partial charge on any atom is 0.573 e. The van der Waals surface area contributed by atoms with E-state index in [9.17, 15) is 22.8 Å². The van der Waals surface area contributed by atoms with Gasteiger partial charge in [0.05, 0.1) is 0 Å². The zero-order valence-electron chi connectivity index (χ0n) is 17.4. The highest BCUT2D eigenvalue weighted by Gasteiger charge is 2.31. The van der Waals surface area contributed by atoms with Crippen molar-refractivity contribution >= 4 is 17.6 Å². The number of hydrogen-bond donors (Lipinski definition) is 3. The van der Waals surface area contributed by atoms with Crippen molar-refractivity contribution in [2.45, 2.75) is 18.8 Å². The second-order valence-electron chi connectivity index (χ2n) is 7.25. The monoisotopic (exact) mass is 473 g/mol. The fourth-order valence-corrected chi connectivity index (χ4v) is 3.20. The fraction of sp³-hybridized carbons (Fsp3) is 0.182. The molecular formula is C22H18F3N5O4. The summed E-state index contributed by atoms with van der Waals surface area (Å²) in [5.41, 5.74) is 5.92. The lowest BCUT2D eigenvalue weighted by atomic mass is 10.2. The molecule has 176 valence electrons. The number of hydrogen-bond acceptors (Lipinski definition) is 7. The number of halogens is 3. The molecule has 0 spiro atoms. The van der Waals surface area contributed by atoms with Crippen LogP contribution >= 0.6 is 0 Å².